The van der Waals surface area contributed by atoms with Gasteiger partial charge in [0.15, 0.2) is 0 Å². The molecule has 2 aliphatic carbocycles. The Morgan fingerprint density at radius 3 is 2.00 bits per heavy atom. The summed E-state index contributed by atoms with van der Waals surface area (Å²) < 4.78 is 3.85. The van der Waals surface area contributed by atoms with E-state index >= 15 is 0 Å². The third-order valence-electron chi connectivity index (χ3n) is 11.0. The molecule has 0 bridgehead atoms. The second kappa shape index (κ2) is 22.9. The summed E-state index contributed by atoms with van der Waals surface area (Å²) in [4.78, 5) is 3.80. The molecule has 0 unspecified atom stereocenters. The number of aromatic nitrogens is 1. The van der Waals surface area contributed by atoms with Gasteiger partial charge >= 0.3 is 0 Å². The highest BCUT2D eigenvalue weighted by molar-refractivity contribution is 7.19. The fraction of sp³-hybridized carbons (Fsp3) is 0.148. The third-order valence-corrected chi connectivity index (χ3v) is 12.2. The van der Waals surface area contributed by atoms with E-state index in [-0.39, 0.29) is 0 Å². The second-order valence-electron chi connectivity index (χ2n) is 14.9. The Balaban J connectivity index is 0.000000151. The van der Waals surface area contributed by atoms with Crippen molar-refractivity contribution in [2.45, 2.75) is 61.3 Å². The summed E-state index contributed by atoms with van der Waals surface area (Å²) >= 11 is 1.92. The number of aryl methyl sites for hydroxylation is 2. The van der Waals surface area contributed by atoms with Crippen LogP contribution in [0.1, 0.15) is 68.2 Å². The molecule has 0 fully saturated rings. The number of hydrogen-bond donors (Lipinski definition) is 0. The van der Waals surface area contributed by atoms with Crippen molar-refractivity contribution in [3.63, 3.8) is 0 Å². The van der Waals surface area contributed by atoms with E-state index in [0.29, 0.717) is 0 Å². The van der Waals surface area contributed by atoms with Gasteiger partial charge in [-0.15, -0.1) is 11.3 Å². The van der Waals surface area contributed by atoms with Crippen molar-refractivity contribution in [2.24, 2.45) is 0 Å². The van der Waals surface area contributed by atoms with Crippen molar-refractivity contribution in [3.8, 4) is 5.69 Å². The molecule has 322 valence electrons. The second-order valence-corrected chi connectivity index (χ2v) is 16.0. The van der Waals surface area contributed by atoms with Crippen LogP contribution in [0, 0.1) is 13.8 Å². The van der Waals surface area contributed by atoms with E-state index in [1.54, 1.807) is 12.2 Å². The Morgan fingerprint density at radius 1 is 0.625 bits per heavy atom. The van der Waals surface area contributed by atoms with Crippen molar-refractivity contribution in [1.82, 2.24) is 4.57 Å². The normalized spacial score (nSPS) is 13.0. The third kappa shape index (κ3) is 9.97. The van der Waals surface area contributed by atoms with Crippen molar-refractivity contribution in [2.75, 3.05) is 4.90 Å². The molecule has 11 rings (SSSR count). The van der Waals surface area contributed by atoms with Crippen molar-refractivity contribution in [3.05, 3.63) is 233 Å². The van der Waals surface area contributed by atoms with Crippen LogP contribution < -0.4 is 15.5 Å². The zero-order valence-electron chi connectivity index (χ0n) is 38.7. The highest BCUT2D eigenvalue weighted by Crippen LogP contribution is 2.48. The van der Waals surface area contributed by atoms with Crippen LogP contribution in [0.2, 0.25) is 0 Å². The van der Waals surface area contributed by atoms with Crippen LogP contribution in [-0.4, -0.2) is 4.57 Å². The van der Waals surface area contributed by atoms with Gasteiger partial charge in [0.2, 0.25) is 0 Å². The minimum absolute atomic E-state index is 1.03. The molecule has 1 aliphatic heterocycles. The molecular formula is C61H62N2S. The number of hydrogen-bond acceptors (Lipinski definition) is 2. The highest BCUT2D eigenvalue weighted by Gasteiger charge is 2.29. The maximum atomic E-state index is 3.71. The number of allylic oxidation sites excluding steroid dienone is 8. The van der Waals surface area contributed by atoms with E-state index in [1.165, 1.54) is 92.2 Å². The average molecular weight is 855 g/mol. The standard InChI is InChI=1S/C22H17N.C19H17N.C11H8S.C5H8.2C2H6/c1-15-13-14-22(17-8-3-2-7-16(15)17)23-20-11-5-4-9-18(20)19-10-6-12-21(19)23;1-3-4-6-11-18-17-14-15(2)12-13-19(17)20(18)16-9-7-5-8-10-16;1-2-6-10-8(4-1)9-5-3-7-11(9)12-10;1-3-5-4-2;2*1-2/h2-5,7-14H,6H2,1H3;3-14H,1H2,2H3;1-6H,7H2;3-5H,1H2,2H3;2*1-2H3/b;6-4-,18-11-;;5-4-;;. The molecule has 0 amide bonds. The Morgan fingerprint density at radius 2 is 1.28 bits per heavy atom. The Hall–Kier alpha value is -6.94. The average Bonchev–Trinajstić information content (AvgIpc) is 4.15. The zero-order chi connectivity index (χ0) is 45.4. The van der Waals surface area contributed by atoms with Gasteiger partial charge in [-0.2, -0.15) is 0 Å². The number of fused-ring (bicyclic) bond motifs is 8. The molecule has 3 heterocycles. The topological polar surface area (TPSA) is 8.17 Å². The summed E-state index contributed by atoms with van der Waals surface area (Å²) in [6.07, 6.45) is 24.8. The van der Waals surface area contributed by atoms with Crippen LogP contribution in [-0.2, 0) is 6.42 Å². The summed E-state index contributed by atoms with van der Waals surface area (Å²) in [5.41, 5.74) is 11.6. The van der Waals surface area contributed by atoms with Crippen LogP contribution >= 0.6 is 11.3 Å². The molecule has 0 radical (unpaired) electrons. The van der Waals surface area contributed by atoms with E-state index in [0.717, 1.165) is 12.8 Å². The zero-order valence-corrected chi connectivity index (χ0v) is 39.5. The maximum Gasteiger partial charge on any atom is 0.0555 e. The van der Waals surface area contributed by atoms with Gasteiger partial charge in [-0.1, -0.05) is 198 Å². The quantitative estimate of drug-likeness (QED) is 0.157. The lowest BCUT2D eigenvalue weighted by Crippen LogP contribution is -2.26. The number of thiophene rings is 1. The monoisotopic (exact) mass is 854 g/mol. The summed E-state index contributed by atoms with van der Waals surface area (Å²) in [6.45, 7) is 21.4. The lowest BCUT2D eigenvalue weighted by Gasteiger charge is -2.39. The van der Waals surface area contributed by atoms with E-state index < -0.39 is 0 Å². The highest BCUT2D eigenvalue weighted by atomic mass is 32.1. The molecule has 2 nitrogen and oxygen atoms in total. The Labute approximate surface area is 385 Å². The molecule has 0 spiro atoms. The Kier molecular flexibility index (Phi) is 16.7. The predicted molar refractivity (Wildman–Crippen MR) is 288 cm³/mol. The molecule has 0 N–H and O–H groups in total. The van der Waals surface area contributed by atoms with E-state index in [2.05, 4.69) is 194 Å². The summed E-state index contributed by atoms with van der Waals surface area (Å²) in [7, 11) is 0. The summed E-state index contributed by atoms with van der Waals surface area (Å²) in [6, 6.07) is 47.6. The molecule has 0 atom stereocenters. The van der Waals surface area contributed by atoms with E-state index in [1.807, 2.05) is 76.3 Å². The minimum atomic E-state index is 1.03. The van der Waals surface area contributed by atoms with Gasteiger partial charge in [-0.25, -0.2) is 0 Å². The van der Waals surface area contributed by atoms with E-state index in [9.17, 15) is 0 Å². The minimum Gasteiger partial charge on any atom is -0.309 e. The summed E-state index contributed by atoms with van der Waals surface area (Å²) in [5.74, 6) is 0. The van der Waals surface area contributed by atoms with Crippen LogP contribution in [0.25, 0.3) is 61.4 Å². The van der Waals surface area contributed by atoms with Gasteiger partial charge in [-0.3, -0.25) is 0 Å². The number of benzene rings is 6. The lowest BCUT2D eigenvalue weighted by atomic mass is 9.95. The molecule has 6 aromatic carbocycles. The first kappa shape index (κ1) is 46.6. The van der Waals surface area contributed by atoms with Crippen LogP contribution in [0.15, 0.2) is 195 Å². The van der Waals surface area contributed by atoms with Gasteiger partial charge in [0.1, 0.15) is 0 Å². The first-order valence-electron chi connectivity index (χ1n) is 22.7. The van der Waals surface area contributed by atoms with Crippen LogP contribution in [0.4, 0.5) is 11.4 Å². The van der Waals surface area contributed by atoms with Crippen molar-refractivity contribution < 1.29 is 0 Å². The first-order chi connectivity index (χ1) is 31.5. The van der Waals surface area contributed by atoms with Gasteiger partial charge in [0.25, 0.3) is 0 Å². The fourth-order valence-corrected chi connectivity index (χ4v) is 9.41. The number of rotatable bonds is 5. The van der Waals surface area contributed by atoms with Crippen LogP contribution in [0.3, 0.4) is 0 Å². The largest absolute Gasteiger partial charge is 0.309 e. The molecule has 0 saturated carbocycles. The molecule has 64 heavy (non-hydrogen) atoms. The SMILES string of the molecule is C1=Cc2c(sc3ccccc23)C1.C=C/C=C\C.C=C/C=C\C=C1\c2cc(C)ccc2N1c1ccccc1.CC.CC.Cc1ccc(-n2c3c(c4ccccc42)=CCC=3)c2ccccc12. The molecule has 0 saturated heterocycles. The summed E-state index contributed by atoms with van der Waals surface area (Å²) in [5, 5.41) is 8.13. The predicted octanol–water partition coefficient (Wildman–Crippen LogP) is 16.6. The van der Waals surface area contributed by atoms with Gasteiger partial charge < -0.3 is 9.47 Å². The molecule has 3 aliphatic rings. The first-order valence-corrected chi connectivity index (χ1v) is 23.5. The molecule has 3 heteroatoms. The maximum absolute atomic E-state index is 3.71. The molecule has 8 aromatic rings. The van der Waals surface area contributed by atoms with Gasteiger partial charge in [0.05, 0.1) is 27.9 Å². The Bertz CT molecular complexity index is 3110. The number of nitrogens with zero attached hydrogens (tertiary/aromatic N) is 2. The van der Waals surface area contributed by atoms with Gasteiger partial charge in [0, 0.05) is 43.2 Å². The van der Waals surface area contributed by atoms with Crippen molar-refractivity contribution >= 4 is 78.4 Å². The fourth-order valence-electron chi connectivity index (χ4n) is 8.24. The number of para-hydroxylation sites is 2. The van der Waals surface area contributed by atoms with Crippen LogP contribution in [0.5, 0.6) is 0 Å². The van der Waals surface area contributed by atoms with Gasteiger partial charge in [-0.05, 0) is 97.6 Å². The molecule has 2 aromatic heterocycles. The van der Waals surface area contributed by atoms with Crippen molar-refractivity contribution in [1.29, 1.82) is 0 Å². The molecular weight excluding hydrogens is 793 g/mol. The smallest absolute Gasteiger partial charge is 0.0555 e. The lowest BCUT2D eigenvalue weighted by molar-refractivity contribution is 1.08. The van der Waals surface area contributed by atoms with E-state index in [4.69, 9.17) is 0 Å². The number of anilines is 2.